The molecule has 0 aromatic rings. The summed E-state index contributed by atoms with van der Waals surface area (Å²) in [6, 6.07) is 0. The Morgan fingerprint density at radius 2 is 1.90 bits per heavy atom. The van der Waals surface area contributed by atoms with Crippen molar-refractivity contribution < 1.29 is 0 Å². The summed E-state index contributed by atoms with van der Waals surface area (Å²) in [7, 11) is 0. The van der Waals surface area contributed by atoms with E-state index in [2.05, 4.69) is 45.2 Å². The lowest BCUT2D eigenvalue weighted by Crippen LogP contribution is -2.42. The van der Waals surface area contributed by atoms with E-state index < -0.39 is 0 Å². The third-order valence-electron chi connectivity index (χ3n) is 3.04. The van der Waals surface area contributed by atoms with E-state index >= 15 is 0 Å². The third kappa shape index (κ3) is 1.23. The fraction of sp³-hybridized carbons (Fsp3) is 1.00. The van der Waals surface area contributed by atoms with Gasteiger partial charge in [0.1, 0.15) is 0 Å². The monoisotopic (exact) mass is 362 g/mol. The van der Waals surface area contributed by atoms with E-state index in [9.17, 15) is 0 Å². The molecule has 0 aromatic heterocycles. The molecule has 2 saturated carbocycles. The van der Waals surface area contributed by atoms with Crippen LogP contribution in [0.15, 0.2) is 0 Å². The van der Waals surface area contributed by atoms with Gasteiger partial charge in [-0.25, -0.2) is 0 Å². The van der Waals surface area contributed by atoms with Gasteiger partial charge in [-0.05, 0) is 31.1 Å². The van der Waals surface area contributed by atoms with Crippen LogP contribution >= 0.6 is 45.2 Å². The van der Waals surface area contributed by atoms with Crippen molar-refractivity contribution in [2.24, 2.45) is 11.8 Å². The quantitative estimate of drug-likeness (QED) is 0.455. The molecule has 0 amide bonds. The highest BCUT2D eigenvalue weighted by Gasteiger charge is 2.46. The molecule has 0 bridgehead atoms. The molecule has 2 fully saturated rings. The zero-order valence-corrected chi connectivity index (χ0v) is 10.3. The number of alkyl halides is 2. The van der Waals surface area contributed by atoms with Crippen LogP contribution < -0.4 is 0 Å². The number of rotatable bonds is 0. The SMILES string of the molecule is IC1(I)CCC[C@@H]2CCC21. The highest BCUT2D eigenvalue weighted by Crippen LogP contribution is 2.57. The Balaban J connectivity index is 2.08. The zero-order valence-electron chi connectivity index (χ0n) is 5.95. The van der Waals surface area contributed by atoms with Gasteiger partial charge in [0.2, 0.25) is 0 Å². The van der Waals surface area contributed by atoms with Crippen molar-refractivity contribution >= 4 is 45.2 Å². The molecule has 2 rings (SSSR count). The van der Waals surface area contributed by atoms with Crippen molar-refractivity contribution in [3.05, 3.63) is 0 Å². The van der Waals surface area contributed by atoms with Gasteiger partial charge in [-0.3, -0.25) is 0 Å². The zero-order chi connectivity index (χ0) is 7.19. The van der Waals surface area contributed by atoms with Crippen LogP contribution in [0.3, 0.4) is 0 Å². The Morgan fingerprint density at radius 3 is 2.30 bits per heavy atom. The fourth-order valence-corrected chi connectivity index (χ4v) is 4.66. The maximum absolute atomic E-state index is 2.67. The summed E-state index contributed by atoms with van der Waals surface area (Å²) in [4.78, 5) is 0. The molecule has 2 heteroatoms. The van der Waals surface area contributed by atoms with Crippen LogP contribution in [-0.4, -0.2) is 1.43 Å². The lowest BCUT2D eigenvalue weighted by Gasteiger charge is -2.48. The minimum absolute atomic E-state index is 0.636. The minimum atomic E-state index is 0.636. The molecule has 2 aliphatic carbocycles. The van der Waals surface area contributed by atoms with Crippen LogP contribution in [-0.2, 0) is 0 Å². The first-order valence-corrected chi connectivity index (χ1v) is 6.24. The first-order valence-electron chi connectivity index (χ1n) is 4.08. The lowest BCUT2D eigenvalue weighted by molar-refractivity contribution is 0.122. The van der Waals surface area contributed by atoms with Crippen LogP contribution in [0.4, 0.5) is 0 Å². The Morgan fingerprint density at radius 1 is 1.10 bits per heavy atom. The topological polar surface area (TPSA) is 0 Å². The van der Waals surface area contributed by atoms with Crippen molar-refractivity contribution in [2.75, 3.05) is 0 Å². The minimum Gasteiger partial charge on any atom is -0.0669 e. The molecule has 0 spiro atoms. The molecule has 0 heterocycles. The molecule has 0 saturated heterocycles. The van der Waals surface area contributed by atoms with E-state index in [1.165, 1.54) is 32.1 Å². The van der Waals surface area contributed by atoms with Crippen LogP contribution in [0.1, 0.15) is 32.1 Å². The molecule has 0 aromatic carbocycles. The third-order valence-corrected chi connectivity index (χ3v) is 5.72. The van der Waals surface area contributed by atoms with Crippen LogP contribution in [0.5, 0.6) is 0 Å². The maximum atomic E-state index is 2.67. The lowest BCUT2D eigenvalue weighted by atomic mass is 9.66. The van der Waals surface area contributed by atoms with Gasteiger partial charge in [0.05, 0.1) is 1.43 Å². The molecule has 2 aliphatic rings. The maximum Gasteiger partial charge on any atom is 0.0765 e. The van der Waals surface area contributed by atoms with Gasteiger partial charge in [-0.15, -0.1) is 0 Å². The number of hydrogen-bond donors (Lipinski definition) is 0. The van der Waals surface area contributed by atoms with Crippen molar-refractivity contribution in [3.8, 4) is 0 Å². The molecule has 2 atom stereocenters. The van der Waals surface area contributed by atoms with E-state index in [-0.39, 0.29) is 0 Å². The highest BCUT2D eigenvalue weighted by atomic mass is 127. The Bertz CT molecular complexity index is 142. The summed E-state index contributed by atoms with van der Waals surface area (Å²) in [5.74, 6) is 2.19. The van der Waals surface area contributed by atoms with Crippen molar-refractivity contribution in [3.63, 3.8) is 0 Å². The second-order valence-corrected chi connectivity index (χ2v) is 9.51. The molecule has 10 heavy (non-hydrogen) atoms. The van der Waals surface area contributed by atoms with Crippen LogP contribution in [0.25, 0.3) is 0 Å². The van der Waals surface area contributed by atoms with E-state index in [1.54, 1.807) is 0 Å². The van der Waals surface area contributed by atoms with Gasteiger partial charge >= 0.3 is 0 Å². The number of hydrogen-bond acceptors (Lipinski definition) is 0. The van der Waals surface area contributed by atoms with Crippen molar-refractivity contribution in [2.45, 2.75) is 33.5 Å². The van der Waals surface area contributed by atoms with Gasteiger partial charge in [0, 0.05) is 0 Å². The molecule has 0 radical (unpaired) electrons. The predicted molar refractivity (Wildman–Crippen MR) is 60.8 cm³/mol. The summed E-state index contributed by atoms with van der Waals surface area (Å²) in [5, 5.41) is 0. The summed E-state index contributed by atoms with van der Waals surface area (Å²) in [5.41, 5.74) is 0. The van der Waals surface area contributed by atoms with E-state index in [0.717, 1.165) is 11.8 Å². The Hall–Kier alpha value is 1.46. The predicted octanol–water partition coefficient (Wildman–Crippen LogP) is 3.76. The molecule has 0 aliphatic heterocycles. The largest absolute Gasteiger partial charge is 0.0765 e. The normalized spacial score (nSPS) is 43.8. The molecule has 58 valence electrons. The smallest absolute Gasteiger partial charge is 0.0669 e. The van der Waals surface area contributed by atoms with Crippen LogP contribution in [0.2, 0.25) is 0 Å². The van der Waals surface area contributed by atoms with E-state index in [1.807, 2.05) is 0 Å². The van der Waals surface area contributed by atoms with Gasteiger partial charge in [0.15, 0.2) is 0 Å². The molecule has 0 nitrogen and oxygen atoms in total. The Kier molecular flexibility index (Phi) is 2.22. The number of fused-ring (bicyclic) bond motifs is 1. The standard InChI is InChI=1S/C8H12I2/c9-8(10)5-1-2-6-3-4-7(6)8/h6-7H,1-5H2/t6-,7?/m1/s1. The summed E-state index contributed by atoms with van der Waals surface area (Å²) in [6.07, 6.45) is 7.50. The van der Waals surface area contributed by atoms with Crippen molar-refractivity contribution in [1.29, 1.82) is 0 Å². The van der Waals surface area contributed by atoms with Gasteiger partial charge < -0.3 is 0 Å². The molecule has 1 unspecified atom stereocenters. The average Bonchev–Trinajstić information content (AvgIpc) is 1.73. The summed E-state index contributed by atoms with van der Waals surface area (Å²) in [6.45, 7) is 0. The van der Waals surface area contributed by atoms with Gasteiger partial charge in [-0.1, -0.05) is 58.0 Å². The fourth-order valence-electron chi connectivity index (χ4n) is 2.26. The molecule has 0 N–H and O–H groups in total. The molecular formula is C8H12I2. The Labute approximate surface area is 89.8 Å². The molecular weight excluding hydrogens is 350 g/mol. The van der Waals surface area contributed by atoms with Crippen LogP contribution in [0, 0.1) is 11.8 Å². The second kappa shape index (κ2) is 2.75. The summed E-state index contributed by atoms with van der Waals surface area (Å²) < 4.78 is 0.636. The highest BCUT2D eigenvalue weighted by molar-refractivity contribution is 14.2. The number of halogens is 2. The van der Waals surface area contributed by atoms with Crippen molar-refractivity contribution in [1.82, 2.24) is 0 Å². The van der Waals surface area contributed by atoms with Gasteiger partial charge in [-0.2, -0.15) is 0 Å². The first-order chi connectivity index (χ1) is 4.70. The first kappa shape index (κ1) is 8.08. The summed E-state index contributed by atoms with van der Waals surface area (Å²) >= 11 is 5.34. The average molecular weight is 362 g/mol. The second-order valence-electron chi connectivity index (χ2n) is 3.60. The van der Waals surface area contributed by atoms with Gasteiger partial charge in [0.25, 0.3) is 0 Å². The van der Waals surface area contributed by atoms with E-state index in [0.29, 0.717) is 1.43 Å². The van der Waals surface area contributed by atoms with E-state index in [4.69, 9.17) is 0 Å².